The fraction of sp³-hybridized carbons (Fsp3) is 0.696. The number of aliphatic hydroxyl groups is 1. The number of rotatable bonds is 3. The predicted octanol–water partition coefficient (Wildman–Crippen LogP) is 3.01. The number of esters is 1. The third-order valence-corrected chi connectivity index (χ3v) is 8.30. The molecule has 152 valence electrons. The van der Waals surface area contributed by atoms with Gasteiger partial charge in [0.2, 0.25) is 0 Å². The molecule has 0 bridgehead atoms. The van der Waals surface area contributed by atoms with Gasteiger partial charge in [-0.25, -0.2) is 0 Å². The second-order valence-electron chi connectivity index (χ2n) is 9.68. The summed E-state index contributed by atoms with van der Waals surface area (Å²) in [7, 11) is 0. The van der Waals surface area contributed by atoms with Crippen LogP contribution in [0.15, 0.2) is 23.8 Å². The highest BCUT2D eigenvalue weighted by molar-refractivity contribution is 6.01. The molecule has 28 heavy (non-hydrogen) atoms. The number of hydrogen-bond donors (Lipinski definition) is 1. The minimum Gasteiger partial charge on any atom is -0.458 e. The van der Waals surface area contributed by atoms with E-state index in [1.807, 2.05) is 6.08 Å². The molecule has 3 unspecified atom stereocenters. The monoisotopic (exact) mass is 386 g/mol. The molecule has 0 saturated heterocycles. The standard InChI is InChI=1S/C23H30O5/c1-13(24)28-12-20(27)18-7-6-17-16-5-4-14-10-15(25)8-9-22(14,2)21(16)19(26)11-23(17,18)3/h8-10,16-19,21,26H,4-7,11-12H2,1-3H3/t16-,17?,18?,19-,21?,22-,23-/m0/s1. The van der Waals surface area contributed by atoms with Gasteiger partial charge in [0.05, 0.1) is 6.10 Å². The summed E-state index contributed by atoms with van der Waals surface area (Å²) in [5, 5.41) is 11.3. The second kappa shape index (κ2) is 6.65. The minimum atomic E-state index is -0.514. The van der Waals surface area contributed by atoms with E-state index in [2.05, 4.69) is 13.8 Å². The molecule has 5 heteroatoms. The summed E-state index contributed by atoms with van der Waals surface area (Å²) >= 11 is 0. The number of fused-ring (bicyclic) bond motifs is 5. The van der Waals surface area contributed by atoms with Crippen LogP contribution in [0.2, 0.25) is 0 Å². The zero-order valence-corrected chi connectivity index (χ0v) is 16.9. The number of Topliss-reactive ketones (excluding diaryl/α,β-unsaturated/α-hetero) is 1. The SMILES string of the molecule is CC(=O)OCC(=O)C1CCC2[C@@H]3CCC4=CC(=O)C=C[C@]4(C)C3[C@@H](O)C[C@]12C. The number of carbonyl (C=O) groups excluding carboxylic acids is 3. The molecule has 0 heterocycles. The van der Waals surface area contributed by atoms with Crippen molar-refractivity contribution in [2.45, 2.75) is 59.0 Å². The minimum absolute atomic E-state index is 0.0170. The third kappa shape index (κ3) is 2.81. The molecule has 3 fully saturated rings. The van der Waals surface area contributed by atoms with Crippen LogP contribution in [0.1, 0.15) is 52.9 Å². The molecule has 1 N–H and O–H groups in total. The smallest absolute Gasteiger partial charge is 0.303 e. The van der Waals surface area contributed by atoms with Crippen LogP contribution < -0.4 is 0 Å². The summed E-state index contributed by atoms with van der Waals surface area (Å²) in [6.45, 7) is 5.46. The van der Waals surface area contributed by atoms with Crippen molar-refractivity contribution in [1.29, 1.82) is 0 Å². The van der Waals surface area contributed by atoms with Gasteiger partial charge in [0.1, 0.15) is 6.61 Å². The Labute approximate surface area is 166 Å². The Morgan fingerprint density at radius 3 is 2.71 bits per heavy atom. The van der Waals surface area contributed by atoms with E-state index in [1.54, 1.807) is 12.2 Å². The summed E-state index contributed by atoms with van der Waals surface area (Å²) in [6.07, 6.45) is 9.08. The first-order valence-corrected chi connectivity index (χ1v) is 10.4. The summed E-state index contributed by atoms with van der Waals surface area (Å²) < 4.78 is 4.97. The number of hydrogen-bond acceptors (Lipinski definition) is 5. The molecule has 0 aromatic rings. The maximum atomic E-state index is 12.8. The number of carbonyl (C=O) groups is 3. The molecule has 0 aliphatic heterocycles. The summed E-state index contributed by atoms with van der Waals surface area (Å²) in [5.74, 6) is 0.208. The predicted molar refractivity (Wildman–Crippen MR) is 103 cm³/mol. The average Bonchev–Trinajstić information content (AvgIpc) is 2.96. The van der Waals surface area contributed by atoms with Gasteiger partial charge in [0, 0.05) is 24.2 Å². The van der Waals surface area contributed by atoms with E-state index in [1.165, 1.54) is 6.92 Å². The highest BCUT2D eigenvalue weighted by Gasteiger charge is 2.62. The lowest BCUT2D eigenvalue weighted by atomic mass is 9.46. The molecule has 0 spiro atoms. The van der Waals surface area contributed by atoms with Crippen LogP contribution in [0.25, 0.3) is 0 Å². The molecule has 0 aromatic heterocycles. The molecule has 7 atom stereocenters. The largest absolute Gasteiger partial charge is 0.458 e. The normalized spacial score (nSPS) is 44.2. The molecule has 3 saturated carbocycles. The Balaban J connectivity index is 1.62. The Hall–Kier alpha value is -1.75. The summed E-state index contributed by atoms with van der Waals surface area (Å²) in [5.41, 5.74) is 0.602. The molecule has 4 aliphatic rings. The van der Waals surface area contributed by atoms with Crippen LogP contribution in [-0.2, 0) is 19.1 Å². The lowest BCUT2D eigenvalue weighted by Crippen LogP contribution is -2.56. The molecule has 4 rings (SSSR count). The van der Waals surface area contributed by atoms with Crippen molar-refractivity contribution in [3.8, 4) is 0 Å². The van der Waals surface area contributed by atoms with Crippen molar-refractivity contribution in [3.05, 3.63) is 23.8 Å². The van der Waals surface area contributed by atoms with Gasteiger partial charge in [-0.3, -0.25) is 14.4 Å². The van der Waals surface area contributed by atoms with Gasteiger partial charge in [-0.1, -0.05) is 25.5 Å². The Morgan fingerprint density at radius 1 is 1.25 bits per heavy atom. The second-order valence-corrected chi connectivity index (χ2v) is 9.68. The highest BCUT2D eigenvalue weighted by Crippen LogP contribution is 2.66. The summed E-state index contributed by atoms with van der Waals surface area (Å²) in [4.78, 5) is 35.8. The first-order chi connectivity index (χ1) is 13.2. The van der Waals surface area contributed by atoms with Gasteiger partial charge >= 0.3 is 5.97 Å². The van der Waals surface area contributed by atoms with Gasteiger partial charge in [0.15, 0.2) is 11.6 Å². The molecule has 4 aliphatic carbocycles. The maximum absolute atomic E-state index is 12.8. The van der Waals surface area contributed by atoms with E-state index in [-0.39, 0.29) is 40.8 Å². The fourth-order valence-corrected chi connectivity index (χ4v) is 7.13. The van der Waals surface area contributed by atoms with E-state index in [9.17, 15) is 19.5 Å². The molecular formula is C23H30O5. The van der Waals surface area contributed by atoms with E-state index >= 15 is 0 Å². The van der Waals surface area contributed by atoms with Crippen LogP contribution in [0.4, 0.5) is 0 Å². The quantitative estimate of drug-likeness (QED) is 0.754. The lowest BCUT2D eigenvalue weighted by Gasteiger charge is -2.58. The van der Waals surface area contributed by atoms with Crippen molar-refractivity contribution in [2.24, 2.45) is 34.5 Å². The van der Waals surface area contributed by atoms with Gasteiger partial charge in [0.25, 0.3) is 0 Å². The van der Waals surface area contributed by atoms with Crippen LogP contribution in [0.3, 0.4) is 0 Å². The number of allylic oxidation sites excluding steroid dienone is 4. The molecule has 0 amide bonds. The van der Waals surface area contributed by atoms with Crippen molar-refractivity contribution in [2.75, 3.05) is 6.61 Å². The van der Waals surface area contributed by atoms with Gasteiger partial charge in [-0.05, 0) is 61.5 Å². The Bertz CT molecular complexity index is 780. The molecule has 0 aromatic carbocycles. The van der Waals surface area contributed by atoms with Gasteiger partial charge in [-0.2, -0.15) is 0 Å². The van der Waals surface area contributed by atoms with Gasteiger partial charge in [-0.15, -0.1) is 0 Å². The van der Waals surface area contributed by atoms with E-state index < -0.39 is 12.1 Å². The van der Waals surface area contributed by atoms with E-state index in [0.29, 0.717) is 18.3 Å². The molecule has 5 nitrogen and oxygen atoms in total. The van der Waals surface area contributed by atoms with Crippen LogP contribution in [-0.4, -0.2) is 35.4 Å². The van der Waals surface area contributed by atoms with E-state index in [0.717, 1.165) is 31.3 Å². The van der Waals surface area contributed by atoms with Crippen LogP contribution in [0, 0.1) is 34.5 Å². The fourth-order valence-electron chi connectivity index (χ4n) is 7.13. The zero-order valence-electron chi connectivity index (χ0n) is 16.9. The van der Waals surface area contributed by atoms with Crippen molar-refractivity contribution in [1.82, 2.24) is 0 Å². The number of ketones is 2. The van der Waals surface area contributed by atoms with Gasteiger partial charge < -0.3 is 9.84 Å². The zero-order chi connectivity index (χ0) is 20.3. The molecular weight excluding hydrogens is 356 g/mol. The Morgan fingerprint density at radius 2 is 2.00 bits per heavy atom. The first kappa shape index (κ1) is 19.6. The van der Waals surface area contributed by atoms with Crippen LogP contribution in [0.5, 0.6) is 0 Å². The number of aliphatic hydroxyl groups excluding tert-OH is 1. The lowest BCUT2D eigenvalue weighted by molar-refractivity contribution is -0.152. The maximum Gasteiger partial charge on any atom is 0.303 e. The average molecular weight is 386 g/mol. The topological polar surface area (TPSA) is 80.7 Å². The highest BCUT2D eigenvalue weighted by atomic mass is 16.5. The first-order valence-electron chi connectivity index (χ1n) is 10.4. The van der Waals surface area contributed by atoms with Crippen molar-refractivity contribution < 1.29 is 24.2 Å². The Kier molecular flexibility index (Phi) is 4.65. The van der Waals surface area contributed by atoms with E-state index in [4.69, 9.17) is 4.74 Å². The van der Waals surface area contributed by atoms with Crippen molar-refractivity contribution >= 4 is 17.5 Å². The number of ether oxygens (including phenoxy) is 1. The third-order valence-electron chi connectivity index (χ3n) is 8.30. The van der Waals surface area contributed by atoms with Crippen LogP contribution >= 0.6 is 0 Å². The summed E-state index contributed by atoms with van der Waals surface area (Å²) in [6, 6.07) is 0. The van der Waals surface area contributed by atoms with Crippen molar-refractivity contribution in [3.63, 3.8) is 0 Å². The molecule has 0 radical (unpaired) electrons.